The summed E-state index contributed by atoms with van der Waals surface area (Å²) in [6, 6.07) is 12.0. The molecule has 0 spiro atoms. The molecule has 14 heteroatoms. The van der Waals surface area contributed by atoms with Crippen molar-refractivity contribution >= 4 is 69.9 Å². The van der Waals surface area contributed by atoms with E-state index in [-0.39, 0.29) is 45.5 Å². The Labute approximate surface area is 264 Å². The summed E-state index contributed by atoms with van der Waals surface area (Å²) < 4.78 is 11.9. The fraction of sp³-hybridized carbons (Fsp3) is 0.345. The quantitative estimate of drug-likeness (QED) is 0.316. The van der Waals surface area contributed by atoms with Crippen molar-refractivity contribution in [2.75, 3.05) is 34.8 Å². The summed E-state index contributed by atoms with van der Waals surface area (Å²) in [6.07, 6.45) is 0. The van der Waals surface area contributed by atoms with Gasteiger partial charge in [-0.1, -0.05) is 29.8 Å². The van der Waals surface area contributed by atoms with Crippen LogP contribution in [-0.2, 0) is 25.8 Å². The van der Waals surface area contributed by atoms with Crippen LogP contribution in [0, 0.1) is 23.2 Å². The van der Waals surface area contributed by atoms with Crippen LogP contribution in [0.15, 0.2) is 36.4 Å². The molecule has 0 aliphatic carbocycles. The van der Waals surface area contributed by atoms with Crippen LogP contribution in [0.5, 0.6) is 11.5 Å². The van der Waals surface area contributed by atoms with Crippen LogP contribution < -0.4 is 9.47 Å². The summed E-state index contributed by atoms with van der Waals surface area (Å²) in [5.74, 6) is -6.75. The lowest BCUT2D eigenvalue weighted by Crippen LogP contribution is -2.63. The Morgan fingerprint density at radius 2 is 1.35 bits per heavy atom. The number of hydrogen-bond acceptors (Lipinski definition) is 9. The highest BCUT2D eigenvalue weighted by atomic mass is 35.5. The van der Waals surface area contributed by atoms with E-state index < -0.39 is 41.4 Å². The van der Waals surface area contributed by atoms with Gasteiger partial charge in [0, 0.05) is 39.7 Å². The van der Waals surface area contributed by atoms with Crippen molar-refractivity contribution in [2.45, 2.75) is 19.4 Å². The monoisotopic (exact) mass is 641 g/mol. The van der Waals surface area contributed by atoms with Crippen LogP contribution >= 0.6 is 36.0 Å². The second-order valence-electron chi connectivity index (χ2n) is 9.96. The van der Waals surface area contributed by atoms with E-state index in [0.29, 0.717) is 11.1 Å². The van der Waals surface area contributed by atoms with Crippen LogP contribution in [0.4, 0.5) is 0 Å². The molecule has 0 atom stereocenters. The van der Waals surface area contributed by atoms with Crippen molar-refractivity contribution in [3.05, 3.63) is 58.1 Å². The summed E-state index contributed by atoms with van der Waals surface area (Å²) >= 11 is 17.3. The van der Waals surface area contributed by atoms with E-state index in [1.165, 1.54) is 40.3 Å². The third-order valence-corrected chi connectivity index (χ3v) is 8.86. The number of ether oxygens (including phenoxy) is 2. The molecule has 4 amide bonds. The van der Waals surface area contributed by atoms with Gasteiger partial charge in [-0.25, -0.2) is 0 Å². The van der Waals surface area contributed by atoms with Crippen molar-refractivity contribution in [3.63, 3.8) is 0 Å². The summed E-state index contributed by atoms with van der Waals surface area (Å²) in [7, 11) is 5.68. The Balaban J connectivity index is 1.88. The fourth-order valence-electron chi connectivity index (χ4n) is 5.15. The van der Waals surface area contributed by atoms with Gasteiger partial charge in [0.1, 0.15) is 18.4 Å². The number of benzene rings is 2. The molecule has 224 valence electrons. The number of carbonyl (C=O) groups is 4. The molecule has 2 aliphatic rings. The summed E-state index contributed by atoms with van der Waals surface area (Å²) in [6.45, 7) is 1.92. The molecule has 43 heavy (non-hydrogen) atoms. The minimum atomic E-state index is -1.51. The van der Waals surface area contributed by atoms with Gasteiger partial charge in [0.15, 0.2) is 21.7 Å². The third-order valence-electron chi connectivity index (χ3n) is 7.48. The zero-order valence-electron chi connectivity index (χ0n) is 24.0. The van der Waals surface area contributed by atoms with Crippen molar-refractivity contribution in [1.82, 2.24) is 19.6 Å². The molecule has 2 aliphatic heterocycles. The zero-order valence-corrected chi connectivity index (χ0v) is 26.4. The number of hydrogen-bond donors (Lipinski definition) is 0. The van der Waals surface area contributed by atoms with E-state index >= 15 is 0 Å². The first-order valence-corrected chi connectivity index (χ1v) is 14.3. The Kier molecular flexibility index (Phi) is 9.34. The maximum Gasteiger partial charge on any atom is 0.241 e. The molecule has 0 N–H and O–H groups in total. The molecule has 2 aromatic rings. The van der Waals surface area contributed by atoms with E-state index in [1.807, 2.05) is 0 Å². The number of carbonyl (C=O) groups excluding carboxylic acids is 4. The number of nitrogens with zero attached hydrogens (tertiary/aromatic N) is 5. The molecular weight excluding hydrogens is 614 g/mol. The second kappa shape index (κ2) is 12.6. The van der Waals surface area contributed by atoms with Gasteiger partial charge in [-0.15, -0.1) is 0 Å². The molecular formula is C29H28ClN5O6S2. The first-order valence-electron chi connectivity index (χ1n) is 13.1. The maximum absolute atomic E-state index is 13.7. The predicted octanol–water partition coefficient (Wildman–Crippen LogP) is 2.94. The molecule has 0 saturated carbocycles. The third kappa shape index (κ3) is 5.65. The maximum atomic E-state index is 13.7. The number of halogens is 1. The molecule has 2 heterocycles. The molecule has 0 unspecified atom stereocenters. The topological polar surface area (TPSA) is 123 Å². The summed E-state index contributed by atoms with van der Waals surface area (Å²) in [5, 5.41) is 9.46. The van der Waals surface area contributed by atoms with Crippen LogP contribution in [0.2, 0.25) is 5.02 Å². The minimum Gasteiger partial charge on any atom is -0.490 e. The van der Waals surface area contributed by atoms with Gasteiger partial charge in [-0.2, -0.15) is 5.26 Å². The molecule has 11 nitrogen and oxygen atoms in total. The lowest BCUT2D eigenvalue weighted by atomic mass is 9.73. The Morgan fingerprint density at radius 1 is 0.860 bits per heavy atom. The van der Waals surface area contributed by atoms with Gasteiger partial charge < -0.3 is 9.47 Å². The average Bonchev–Trinajstić information content (AvgIpc) is 3.00. The summed E-state index contributed by atoms with van der Waals surface area (Å²) in [4.78, 5) is 59.2. The van der Waals surface area contributed by atoms with E-state index in [9.17, 15) is 24.4 Å². The van der Waals surface area contributed by atoms with E-state index in [2.05, 4.69) is 6.07 Å². The van der Waals surface area contributed by atoms with Gasteiger partial charge in [-0.3, -0.25) is 38.8 Å². The standard InChI is InChI=1S/C29H28ClN5O6S2/c1-6-40-19-12-17(11-18(30)23(19)41-14-16-10-8-7-9-15(16)13-31)20(21-24(36)32(2)28(42)33(3)25(21)37)22-26(38)34(4)29(43)35(5)27(22)39/h7-12,20-22H,6,14H2,1-5H3. The van der Waals surface area contributed by atoms with Crippen LogP contribution in [0.3, 0.4) is 0 Å². The minimum absolute atomic E-state index is 0.00837. The first-order chi connectivity index (χ1) is 20.3. The smallest absolute Gasteiger partial charge is 0.241 e. The highest BCUT2D eigenvalue weighted by molar-refractivity contribution is 7.80. The number of thiocarbonyl (C=S) groups is 2. The van der Waals surface area contributed by atoms with Gasteiger partial charge in [0.25, 0.3) is 0 Å². The Hall–Kier alpha value is -4.12. The van der Waals surface area contributed by atoms with E-state index in [1.54, 1.807) is 31.2 Å². The fourth-order valence-corrected chi connectivity index (χ4v) is 5.79. The van der Waals surface area contributed by atoms with Gasteiger partial charge in [0.05, 0.1) is 23.3 Å². The van der Waals surface area contributed by atoms with Gasteiger partial charge in [0.2, 0.25) is 23.6 Å². The Morgan fingerprint density at radius 3 is 1.81 bits per heavy atom. The van der Waals surface area contributed by atoms with Gasteiger partial charge >= 0.3 is 0 Å². The number of rotatable bonds is 8. The van der Waals surface area contributed by atoms with Crippen molar-refractivity contribution in [2.24, 2.45) is 11.8 Å². The van der Waals surface area contributed by atoms with Crippen molar-refractivity contribution in [1.29, 1.82) is 5.26 Å². The number of amides is 4. The molecule has 4 rings (SSSR count). The Bertz CT molecular complexity index is 1490. The van der Waals surface area contributed by atoms with Crippen molar-refractivity contribution < 1.29 is 28.7 Å². The zero-order chi connectivity index (χ0) is 31.7. The van der Waals surface area contributed by atoms with Crippen LogP contribution in [0.25, 0.3) is 0 Å². The molecule has 2 saturated heterocycles. The lowest BCUT2D eigenvalue weighted by Gasteiger charge is -2.43. The SMILES string of the molecule is CCOc1cc(C(C2C(=O)N(C)C(=S)N(C)C2=O)C2C(=O)N(C)C(=S)N(C)C2=O)cc(Cl)c1OCc1ccccc1C#N. The highest BCUT2D eigenvalue weighted by Gasteiger charge is 2.54. The van der Waals surface area contributed by atoms with E-state index in [4.69, 9.17) is 45.5 Å². The normalized spacial score (nSPS) is 16.9. The molecule has 2 aromatic carbocycles. The van der Waals surface area contributed by atoms with Crippen LogP contribution in [-0.4, -0.2) is 88.3 Å². The van der Waals surface area contributed by atoms with Crippen LogP contribution in [0.1, 0.15) is 29.5 Å². The lowest BCUT2D eigenvalue weighted by molar-refractivity contribution is -0.152. The molecule has 2 fully saturated rings. The number of nitriles is 1. The second-order valence-corrected chi connectivity index (χ2v) is 11.1. The molecule has 0 aromatic heterocycles. The van der Waals surface area contributed by atoms with E-state index in [0.717, 1.165) is 19.6 Å². The highest BCUT2D eigenvalue weighted by Crippen LogP contribution is 2.45. The summed E-state index contributed by atoms with van der Waals surface area (Å²) in [5.41, 5.74) is 1.27. The predicted molar refractivity (Wildman–Crippen MR) is 164 cm³/mol. The van der Waals surface area contributed by atoms with Crippen molar-refractivity contribution in [3.8, 4) is 17.6 Å². The van der Waals surface area contributed by atoms with Gasteiger partial charge in [-0.05, 0) is 55.1 Å². The molecule has 0 bridgehead atoms. The first kappa shape index (κ1) is 31.8. The largest absolute Gasteiger partial charge is 0.490 e. The average molecular weight is 642 g/mol. The molecule has 0 radical (unpaired) electrons.